The molecule has 0 spiro atoms. The van der Waals surface area contributed by atoms with E-state index in [-0.39, 0.29) is 12.3 Å². The number of hydrogen-bond donors (Lipinski definition) is 1. The Balaban J connectivity index is 2.72. The van der Waals surface area contributed by atoms with Crippen molar-refractivity contribution in [2.75, 3.05) is 0 Å². The number of hydrogen-bond acceptors (Lipinski definition) is 4. The molecule has 2 amide bonds. The maximum atomic E-state index is 11.6. The van der Waals surface area contributed by atoms with Gasteiger partial charge in [0.15, 0.2) is 0 Å². The highest BCUT2D eigenvalue weighted by atomic mass is 16.6. The predicted octanol–water partition coefficient (Wildman–Crippen LogP) is 0.903. The van der Waals surface area contributed by atoms with Crippen molar-refractivity contribution in [2.45, 2.75) is 51.9 Å². The summed E-state index contributed by atoms with van der Waals surface area (Å²) in [5.74, 6) is -0.385. The molecule has 5 heteroatoms. The number of aliphatic hydroxyl groups excluding tert-OH is 1. The van der Waals surface area contributed by atoms with Gasteiger partial charge < -0.3 is 9.84 Å². The first kappa shape index (κ1) is 12.0. The van der Waals surface area contributed by atoms with Crippen LogP contribution >= 0.6 is 0 Å². The molecule has 15 heavy (non-hydrogen) atoms. The molecule has 5 nitrogen and oxygen atoms in total. The number of aliphatic hydroxyl groups is 1. The molecule has 1 rings (SSSR count). The SMILES string of the molecule is C[C@@H]1[C@@H](O)CC(=O)N1C(=O)OC(C)(C)C. The van der Waals surface area contributed by atoms with Crippen molar-refractivity contribution in [1.29, 1.82) is 0 Å². The minimum absolute atomic E-state index is 0.0135. The summed E-state index contributed by atoms with van der Waals surface area (Å²) in [6, 6.07) is -0.507. The van der Waals surface area contributed by atoms with Gasteiger partial charge in [0.25, 0.3) is 0 Å². The highest BCUT2D eigenvalue weighted by molar-refractivity contribution is 5.94. The standard InChI is InChI=1S/C10H17NO4/c1-6-7(12)5-8(13)11(6)9(14)15-10(2,3)4/h6-7,12H,5H2,1-4H3/t6-,7+/m1/s1. The zero-order valence-electron chi connectivity index (χ0n) is 9.48. The van der Waals surface area contributed by atoms with E-state index < -0.39 is 23.8 Å². The average Bonchev–Trinajstić information content (AvgIpc) is 2.22. The number of amides is 2. The number of likely N-dealkylation sites (tertiary alicyclic amines) is 1. The van der Waals surface area contributed by atoms with Crippen LogP contribution in [0.5, 0.6) is 0 Å². The largest absolute Gasteiger partial charge is 0.443 e. The molecular formula is C10H17NO4. The molecule has 1 aliphatic heterocycles. The molecule has 1 aliphatic rings. The van der Waals surface area contributed by atoms with Crippen molar-refractivity contribution in [1.82, 2.24) is 4.90 Å². The van der Waals surface area contributed by atoms with Crippen molar-refractivity contribution in [3.63, 3.8) is 0 Å². The smallest absolute Gasteiger partial charge is 0.417 e. The molecule has 0 unspecified atom stereocenters. The van der Waals surface area contributed by atoms with Gasteiger partial charge in [-0.15, -0.1) is 0 Å². The second-order valence-electron chi connectivity index (χ2n) is 4.76. The van der Waals surface area contributed by atoms with Crippen LogP contribution in [-0.2, 0) is 9.53 Å². The highest BCUT2D eigenvalue weighted by Gasteiger charge is 2.41. The van der Waals surface area contributed by atoms with E-state index in [0.717, 1.165) is 4.90 Å². The zero-order chi connectivity index (χ0) is 11.8. The molecule has 86 valence electrons. The third-order valence-electron chi connectivity index (χ3n) is 2.21. The van der Waals surface area contributed by atoms with Crippen LogP contribution in [0.15, 0.2) is 0 Å². The van der Waals surface area contributed by atoms with E-state index in [4.69, 9.17) is 4.74 Å². The minimum Gasteiger partial charge on any atom is -0.443 e. The summed E-state index contributed by atoms with van der Waals surface area (Å²) in [6.45, 7) is 6.81. The van der Waals surface area contributed by atoms with Gasteiger partial charge >= 0.3 is 6.09 Å². The summed E-state index contributed by atoms with van der Waals surface area (Å²) in [6.07, 6.45) is -1.48. The summed E-state index contributed by atoms with van der Waals surface area (Å²) >= 11 is 0. The fraction of sp³-hybridized carbons (Fsp3) is 0.800. The maximum absolute atomic E-state index is 11.6. The van der Waals surface area contributed by atoms with Gasteiger partial charge in [-0.25, -0.2) is 9.69 Å². The zero-order valence-corrected chi connectivity index (χ0v) is 9.48. The number of ether oxygens (including phenoxy) is 1. The number of rotatable bonds is 0. The summed E-state index contributed by atoms with van der Waals surface area (Å²) < 4.78 is 5.07. The van der Waals surface area contributed by atoms with Crippen LogP contribution in [0.4, 0.5) is 4.79 Å². The van der Waals surface area contributed by atoms with Crippen molar-refractivity contribution >= 4 is 12.0 Å². The van der Waals surface area contributed by atoms with Gasteiger partial charge in [-0.05, 0) is 27.7 Å². The number of imide groups is 1. The van der Waals surface area contributed by atoms with Crippen LogP contribution in [0.25, 0.3) is 0 Å². The molecule has 0 aromatic rings. The molecule has 0 aromatic heterocycles. The van der Waals surface area contributed by atoms with Gasteiger partial charge in [0.1, 0.15) is 5.60 Å². The van der Waals surface area contributed by atoms with Crippen LogP contribution in [-0.4, -0.2) is 39.8 Å². The Hall–Kier alpha value is -1.10. The van der Waals surface area contributed by atoms with Gasteiger partial charge in [0.05, 0.1) is 18.6 Å². The van der Waals surface area contributed by atoms with E-state index in [1.807, 2.05) is 0 Å². The molecule has 0 bridgehead atoms. The average molecular weight is 215 g/mol. The molecule has 0 radical (unpaired) electrons. The second-order valence-corrected chi connectivity index (χ2v) is 4.76. The van der Waals surface area contributed by atoms with E-state index in [9.17, 15) is 14.7 Å². The summed E-state index contributed by atoms with van der Waals surface area (Å²) in [5, 5.41) is 9.42. The molecular weight excluding hydrogens is 198 g/mol. The van der Waals surface area contributed by atoms with Gasteiger partial charge in [0, 0.05) is 0 Å². The van der Waals surface area contributed by atoms with Gasteiger partial charge in [0.2, 0.25) is 5.91 Å². The normalized spacial score (nSPS) is 27.0. The molecule has 1 N–H and O–H groups in total. The Labute approximate surface area is 89.0 Å². The lowest BCUT2D eigenvalue weighted by molar-refractivity contribution is -0.127. The third kappa shape index (κ3) is 2.68. The number of nitrogens with zero attached hydrogens (tertiary/aromatic N) is 1. The minimum atomic E-state index is -0.787. The molecule has 1 saturated heterocycles. The lowest BCUT2D eigenvalue weighted by atomic mass is 10.2. The summed E-state index contributed by atoms with van der Waals surface area (Å²) in [4.78, 5) is 24.0. The third-order valence-corrected chi connectivity index (χ3v) is 2.21. The van der Waals surface area contributed by atoms with Crippen molar-refractivity contribution in [3.05, 3.63) is 0 Å². The van der Waals surface area contributed by atoms with E-state index in [1.54, 1.807) is 27.7 Å². The molecule has 2 atom stereocenters. The number of carbonyl (C=O) groups excluding carboxylic acids is 2. The fourth-order valence-electron chi connectivity index (χ4n) is 1.43. The van der Waals surface area contributed by atoms with Crippen LogP contribution < -0.4 is 0 Å². The van der Waals surface area contributed by atoms with Crippen LogP contribution in [0.1, 0.15) is 34.1 Å². The first-order valence-corrected chi connectivity index (χ1v) is 4.95. The van der Waals surface area contributed by atoms with Gasteiger partial charge in [-0.2, -0.15) is 0 Å². The fourth-order valence-corrected chi connectivity index (χ4v) is 1.43. The monoisotopic (exact) mass is 215 g/mol. The highest BCUT2D eigenvalue weighted by Crippen LogP contribution is 2.21. The molecule has 0 aromatic carbocycles. The molecule has 1 heterocycles. The topological polar surface area (TPSA) is 66.8 Å². The Morgan fingerprint density at radius 1 is 1.53 bits per heavy atom. The summed E-state index contributed by atoms with van der Waals surface area (Å²) in [5.41, 5.74) is -0.634. The maximum Gasteiger partial charge on any atom is 0.417 e. The van der Waals surface area contributed by atoms with Crippen molar-refractivity contribution < 1.29 is 19.4 Å². The van der Waals surface area contributed by atoms with E-state index >= 15 is 0 Å². The van der Waals surface area contributed by atoms with E-state index in [1.165, 1.54) is 0 Å². The number of carbonyl (C=O) groups is 2. The Bertz CT molecular complexity index is 282. The quantitative estimate of drug-likeness (QED) is 0.652. The first-order valence-electron chi connectivity index (χ1n) is 4.95. The van der Waals surface area contributed by atoms with Gasteiger partial charge in [-0.1, -0.05) is 0 Å². The molecule has 1 fully saturated rings. The van der Waals surface area contributed by atoms with Crippen molar-refractivity contribution in [2.24, 2.45) is 0 Å². The Kier molecular flexibility index (Phi) is 3.04. The van der Waals surface area contributed by atoms with Crippen LogP contribution in [0.3, 0.4) is 0 Å². The second kappa shape index (κ2) is 3.81. The Morgan fingerprint density at radius 3 is 2.40 bits per heavy atom. The van der Waals surface area contributed by atoms with Crippen molar-refractivity contribution in [3.8, 4) is 0 Å². The lowest BCUT2D eigenvalue weighted by Crippen LogP contribution is -2.42. The van der Waals surface area contributed by atoms with E-state index in [0.29, 0.717) is 0 Å². The molecule has 0 aliphatic carbocycles. The van der Waals surface area contributed by atoms with Crippen LogP contribution in [0, 0.1) is 0 Å². The van der Waals surface area contributed by atoms with E-state index in [2.05, 4.69) is 0 Å². The first-order chi connectivity index (χ1) is 6.72. The Morgan fingerprint density at radius 2 is 2.07 bits per heavy atom. The van der Waals surface area contributed by atoms with Gasteiger partial charge in [-0.3, -0.25) is 4.79 Å². The predicted molar refractivity (Wildman–Crippen MR) is 53.2 cm³/mol. The molecule has 0 saturated carbocycles. The van der Waals surface area contributed by atoms with Crippen LogP contribution in [0.2, 0.25) is 0 Å². The summed E-state index contributed by atoms with van der Waals surface area (Å²) in [7, 11) is 0. The lowest BCUT2D eigenvalue weighted by Gasteiger charge is -2.26.